The number of carbonyl (C=O) groups excluding carboxylic acids is 3. The van der Waals surface area contributed by atoms with Gasteiger partial charge in [-0.25, -0.2) is 9.59 Å². The van der Waals surface area contributed by atoms with Gasteiger partial charge in [0.05, 0.1) is 4.92 Å². The second-order valence-corrected chi connectivity index (χ2v) is 4.78. The summed E-state index contributed by atoms with van der Waals surface area (Å²) >= 11 is 5.57. The fourth-order valence-electron chi connectivity index (χ4n) is 1.42. The maximum atomic E-state index is 11.9. The van der Waals surface area contributed by atoms with Gasteiger partial charge in [0.15, 0.2) is 6.61 Å². The smallest absolute Gasteiger partial charge is 0.405 e. The largest absolute Gasteiger partial charge is 0.452 e. The van der Waals surface area contributed by atoms with E-state index in [0.717, 1.165) is 12.1 Å². The number of nitrogens with one attached hydrogen (secondary N) is 2. The molecule has 0 aliphatic carbocycles. The van der Waals surface area contributed by atoms with E-state index in [0.29, 0.717) is 0 Å². The first-order chi connectivity index (χ1) is 11.5. The maximum absolute atomic E-state index is 11.9. The highest BCUT2D eigenvalue weighted by Gasteiger charge is 2.28. The van der Waals surface area contributed by atoms with E-state index in [2.05, 4.69) is 4.74 Å². The van der Waals surface area contributed by atoms with Gasteiger partial charge in [-0.1, -0.05) is 11.6 Å². The Morgan fingerprint density at radius 2 is 1.92 bits per heavy atom. The van der Waals surface area contributed by atoms with Gasteiger partial charge in [0, 0.05) is 11.1 Å². The number of nitrogens with zero attached hydrogens (tertiary/aromatic N) is 1. The van der Waals surface area contributed by atoms with E-state index in [-0.39, 0.29) is 5.02 Å². The van der Waals surface area contributed by atoms with Crippen molar-refractivity contribution in [3.8, 4) is 0 Å². The summed E-state index contributed by atoms with van der Waals surface area (Å²) < 4.78 is 40.1. The SMILES string of the molecule is O=C(COC(=O)c1ccc(Cl)cc1[N+](=O)[O-])NC(=O)NCC(F)(F)F. The highest BCUT2D eigenvalue weighted by Crippen LogP contribution is 2.23. The molecule has 0 atom stereocenters. The lowest BCUT2D eigenvalue weighted by atomic mass is 10.2. The van der Waals surface area contributed by atoms with E-state index in [4.69, 9.17) is 11.6 Å². The number of nitro benzene ring substituents is 1. The van der Waals surface area contributed by atoms with Crippen molar-refractivity contribution in [3.63, 3.8) is 0 Å². The van der Waals surface area contributed by atoms with Crippen LogP contribution in [0.25, 0.3) is 0 Å². The average Bonchev–Trinajstić information content (AvgIpc) is 2.49. The summed E-state index contributed by atoms with van der Waals surface area (Å²) in [6.07, 6.45) is -4.67. The number of imide groups is 1. The van der Waals surface area contributed by atoms with Crippen molar-refractivity contribution in [1.29, 1.82) is 0 Å². The van der Waals surface area contributed by atoms with Crippen LogP contribution < -0.4 is 10.6 Å². The summed E-state index contributed by atoms with van der Waals surface area (Å²) in [6.45, 7) is -2.71. The molecule has 2 N–H and O–H groups in total. The quantitative estimate of drug-likeness (QED) is 0.453. The molecule has 0 saturated carbocycles. The molecule has 1 rings (SSSR count). The Kier molecular flexibility index (Phi) is 6.68. The van der Waals surface area contributed by atoms with E-state index in [9.17, 15) is 37.7 Å². The third-order valence-corrected chi connectivity index (χ3v) is 2.65. The van der Waals surface area contributed by atoms with E-state index in [1.807, 2.05) is 0 Å². The molecule has 1 aromatic rings. The molecule has 25 heavy (non-hydrogen) atoms. The van der Waals surface area contributed by atoms with Crippen LogP contribution >= 0.6 is 11.6 Å². The van der Waals surface area contributed by atoms with Crippen molar-refractivity contribution in [2.45, 2.75) is 6.18 Å². The van der Waals surface area contributed by atoms with Crippen molar-refractivity contribution < 1.29 is 37.2 Å². The van der Waals surface area contributed by atoms with E-state index in [1.165, 1.54) is 16.7 Å². The minimum atomic E-state index is -4.67. The number of amides is 3. The Hall–Kier alpha value is -2.89. The minimum absolute atomic E-state index is 0.0117. The lowest BCUT2D eigenvalue weighted by molar-refractivity contribution is -0.385. The van der Waals surface area contributed by atoms with E-state index < -0.39 is 53.4 Å². The van der Waals surface area contributed by atoms with Gasteiger partial charge in [0.2, 0.25) is 0 Å². The zero-order chi connectivity index (χ0) is 19.2. The highest BCUT2D eigenvalue weighted by molar-refractivity contribution is 6.31. The maximum Gasteiger partial charge on any atom is 0.405 e. The third kappa shape index (κ3) is 7.03. The van der Waals surface area contributed by atoms with Crippen LogP contribution in [0.15, 0.2) is 18.2 Å². The Labute approximate surface area is 142 Å². The predicted octanol–water partition coefficient (Wildman–Crippen LogP) is 1.79. The standard InChI is InChI=1S/C12H9ClF3N3O6/c13-6-1-2-7(8(3-6)19(23)24)10(21)25-4-9(20)18-11(22)17-5-12(14,15)16/h1-3H,4-5H2,(H2,17,18,20,22). The molecule has 9 nitrogen and oxygen atoms in total. The Bertz CT molecular complexity index is 710. The first-order valence-corrected chi connectivity index (χ1v) is 6.63. The molecule has 0 aliphatic heterocycles. The van der Waals surface area contributed by atoms with Gasteiger partial charge >= 0.3 is 18.2 Å². The first kappa shape index (κ1) is 20.2. The molecule has 0 aliphatic rings. The summed E-state index contributed by atoms with van der Waals surface area (Å²) in [5.41, 5.74) is -1.16. The van der Waals surface area contributed by atoms with Gasteiger partial charge in [-0.15, -0.1) is 0 Å². The van der Waals surface area contributed by atoms with Crippen molar-refractivity contribution in [2.24, 2.45) is 0 Å². The number of nitro groups is 1. The van der Waals surface area contributed by atoms with Crippen molar-refractivity contribution in [3.05, 3.63) is 38.9 Å². The molecule has 0 unspecified atom stereocenters. The van der Waals surface area contributed by atoms with Crippen LogP contribution in [-0.4, -0.2) is 42.2 Å². The van der Waals surface area contributed by atoms with Gasteiger partial charge < -0.3 is 10.1 Å². The lowest BCUT2D eigenvalue weighted by Gasteiger charge is -2.09. The molecule has 0 spiro atoms. The molecule has 3 amide bonds. The molecule has 0 fully saturated rings. The normalized spacial score (nSPS) is 10.7. The van der Waals surface area contributed by atoms with Crippen LogP contribution in [0.4, 0.5) is 23.7 Å². The molecule has 1 aromatic carbocycles. The van der Waals surface area contributed by atoms with E-state index >= 15 is 0 Å². The van der Waals surface area contributed by atoms with Crippen LogP contribution in [0.2, 0.25) is 5.02 Å². The molecule has 0 radical (unpaired) electrons. The number of ether oxygens (including phenoxy) is 1. The number of urea groups is 1. The number of hydrogen-bond donors (Lipinski definition) is 2. The molecule has 136 valence electrons. The third-order valence-electron chi connectivity index (χ3n) is 2.41. The summed E-state index contributed by atoms with van der Waals surface area (Å²) in [4.78, 5) is 44.0. The molecule has 0 saturated heterocycles. The van der Waals surface area contributed by atoms with Crippen molar-refractivity contribution in [1.82, 2.24) is 10.6 Å². The van der Waals surface area contributed by atoms with Crippen LogP contribution in [0.5, 0.6) is 0 Å². The van der Waals surface area contributed by atoms with Gasteiger partial charge in [0.1, 0.15) is 12.1 Å². The number of rotatable bonds is 5. The summed E-state index contributed by atoms with van der Waals surface area (Å²) in [6, 6.07) is 1.62. The zero-order valence-corrected chi connectivity index (χ0v) is 12.8. The second-order valence-electron chi connectivity index (χ2n) is 4.34. The highest BCUT2D eigenvalue weighted by atomic mass is 35.5. The van der Waals surface area contributed by atoms with Crippen molar-refractivity contribution >= 4 is 35.2 Å². The van der Waals surface area contributed by atoms with Gasteiger partial charge in [-0.2, -0.15) is 13.2 Å². The van der Waals surface area contributed by atoms with Crippen LogP contribution in [0.3, 0.4) is 0 Å². The number of esters is 1. The molecular formula is C12H9ClF3N3O6. The topological polar surface area (TPSA) is 128 Å². The Morgan fingerprint density at radius 1 is 1.28 bits per heavy atom. The number of carbonyl (C=O) groups is 3. The molecule has 0 bridgehead atoms. The Morgan fingerprint density at radius 3 is 2.48 bits per heavy atom. The number of hydrogen-bond acceptors (Lipinski definition) is 6. The zero-order valence-electron chi connectivity index (χ0n) is 12.1. The van der Waals surface area contributed by atoms with E-state index in [1.54, 1.807) is 0 Å². The number of alkyl halides is 3. The average molecular weight is 384 g/mol. The van der Waals surface area contributed by atoms with Gasteiger partial charge in [-0.3, -0.25) is 20.2 Å². The number of benzene rings is 1. The predicted molar refractivity (Wildman–Crippen MR) is 76.0 cm³/mol. The van der Waals surface area contributed by atoms with Gasteiger partial charge in [0.25, 0.3) is 11.6 Å². The van der Waals surface area contributed by atoms with Crippen LogP contribution in [0.1, 0.15) is 10.4 Å². The lowest BCUT2D eigenvalue weighted by Crippen LogP contribution is -2.44. The van der Waals surface area contributed by atoms with Crippen LogP contribution in [-0.2, 0) is 9.53 Å². The first-order valence-electron chi connectivity index (χ1n) is 6.25. The molecule has 13 heteroatoms. The summed E-state index contributed by atoms with van der Waals surface area (Å²) in [7, 11) is 0. The minimum Gasteiger partial charge on any atom is -0.452 e. The van der Waals surface area contributed by atoms with Gasteiger partial charge in [-0.05, 0) is 12.1 Å². The monoisotopic (exact) mass is 383 g/mol. The fourth-order valence-corrected chi connectivity index (χ4v) is 1.59. The molecule has 0 heterocycles. The molecular weight excluding hydrogens is 375 g/mol. The second kappa shape index (κ2) is 8.28. The summed E-state index contributed by atoms with van der Waals surface area (Å²) in [5.74, 6) is -2.49. The van der Waals surface area contributed by atoms with Crippen molar-refractivity contribution in [2.75, 3.05) is 13.2 Å². The molecule has 0 aromatic heterocycles. The Balaban J connectivity index is 2.58. The van der Waals surface area contributed by atoms with Crippen LogP contribution in [0, 0.1) is 10.1 Å². The summed E-state index contributed by atoms with van der Waals surface area (Å²) in [5, 5.41) is 13.7. The number of halogens is 4. The fraction of sp³-hybridized carbons (Fsp3) is 0.250.